The first-order chi connectivity index (χ1) is 16.0. The van der Waals surface area contributed by atoms with Crippen LogP contribution in [0.3, 0.4) is 0 Å². The van der Waals surface area contributed by atoms with Crippen LogP contribution < -0.4 is 10.9 Å². The van der Waals surface area contributed by atoms with Gasteiger partial charge in [0, 0.05) is 34.9 Å². The van der Waals surface area contributed by atoms with Crippen LogP contribution in [0.25, 0.3) is 16.7 Å². The van der Waals surface area contributed by atoms with Crippen LogP contribution in [0.15, 0.2) is 59.5 Å². The van der Waals surface area contributed by atoms with Crippen LogP contribution in [0.1, 0.15) is 53.5 Å². The van der Waals surface area contributed by atoms with Gasteiger partial charge >= 0.3 is 0 Å². The zero-order chi connectivity index (χ0) is 22.9. The zero-order valence-electron chi connectivity index (χ0n) is 18.7. The lowest BCUT2D eigenvalue weighted by Crippen LogP contribution is -2.39. The maximum absolute atomic E-state index is 12.8. The topological polar surface area (TPSA) is 94.7 Å². The molecule has 1 fully saturated rings. The molecular formula is C25H26N6O2. The summed E-state index contributed by atoms with van der Waals surface area (Å²) in [5, 5.41) is 13.2. The first-order valence-corrected chi connectivity index (χ1v) is 11.3. The van der Waals surface area contributed by atoms with E-state index in [9.17, 15) is 9.59 Å². The van der Waals surface area contributed by atoms with Crippen LogP contribution in [-0.2, 0) is 0 Å². The molecule has 3 aromatic heterocycles. The number of benzene rings is 1. The van der Waals surface area contributed by atoms with E-state index in [2.05, 4.69) is 20.5 Å². The summed E-state index contributed by atoms with van der Waals surface area (Å²) in [5.41, 5.74) is 3.27. The fourth-order valence-corrected chi connectivity index (χ4v) is 4.60. The number of hydrogen-bond donors (Lipinski definition) is 1. The smallest absolute Gasteiger partial charge is 0.267 e. The summed E-state index contributed by atoms with van der Waals surface area (Å²) in [6.45, 7) is 3.90. The maximum atomic E-state index is 12.8. The molecule has 8 heteroatoms. The Balaban J connectivity index is 1.26. The molecule has 5 rings (SSSR count). The predicted octanol–water partition coefficient (Wildman–Crippen LogP) is 3.51. The average Bonchev–Trinajstić information content (AvgIpc) is 3.17. The summed E-state index contributed by atoms with van der Waals surface area (Å²) >= 11 is 0. The molecule has 0 unspecified atom stereocenters. The second kappa shape index (κ2) is 8.61. The van der Waals surface area contributed by atoms with Crippen LogP contribution in [0, 0.1) is 13.8 Å². The molecule has 0 bridgehead atoms. The number of carbonyl (C=O) groups excluding carboxylic acids is 1. The van der Waals surface area contributed by atoms with Gasteiger partial charge < -0.3 is 5.32 Å². The van der Waals surface area contributed by atoms with Crippen molar-refractivity contribution in [3.63, 3.8) is 0 Å². The second-order valence-electron chi connectivity index (χ2n) is 8.70. The van der Waals surface area contributed by atoms with Gasteiger partial charge in [0.1, 0.15) is 0 Å². The molecule has 1 aliphatic carbocycles. The molecule has 0 atom stereocenters. The van der Waals surface area contributed by atoms with Crippen molar-refractivity contribution in [3.8, 4) is 5.82 Å². The van der Waals surface area contributed by atoms with E-state index in [1.54, 1.807) is 27.7 Å². The lowest BCUT2D eigenvalue weighted by Gasteiger charge is -2.29. The van der Waals surface area contributed by atoms with Crippen molar-refractivity contribution in [2.75, 3.05) is 0 Å². The Morgan fingerprint density at radius 1 is 1.00 bits per heavy atom. The van der Waals surface area contributed by atoms with Gasteiger partial charge in [-0.15, -0.1) is 5.10 Å². The van der Waals surface area contributed by atoms with Gasteiger partial charge in [-0.3, -0.25) is 14.6 Å². The number of carbonyl (C=O) groups is 1. The first kappa shape index (κ1) is 21.1. The van der Waals surface area contributed by atoms with Gasteiger partial charge in [0.2, 0.25) is 0 Å². The Labute approximate surface area is 191 Å². The van der Waals surface area contributed by atoms with Crippen molar-refractivity contribution in [1.82, 2.24) is 29.9 Å². The minimum Gasteiger partial charge on any atom is -0.349 e. The summed E-state index contributed by atoms with van der Waals surface area (Å²) in [7, 11) is 0. The molecule has 168 valence electrons. The summed E-state index contributed by atoms with van der Waals surface area (Å²) < 4.78 is 3.34. The van der Waals surface area contributed by atoms with Crippen molar-refractivity contribution in [2.45, 2.75) is 51.6 Å². The van der Waals surface area contributed by atoms with Gasteiger partial charge in [-0.2, -0.15) is 5.10 Å². The molecule has 1 N–H and O–H groups in total. The summed E-state index contributed by atoms with van der Waals surface area (Å²) in [5.74, 6) is 0.562. The van der Waals surface area contributed by atoms with Gasteiger partial charge in [0.25, 0.3) is 11.5 Å². The Kier molecular flexibility index (Phi) is 5.50. The molecule has 8 nitrogen and oxygen atoms in total. The van der Waals surface area contributed by atoms with Crippen molar-refractivity contribution in [2.24, 2.45) is 0 Å². The van der Waals surface area contributed by atoms with Crippen LogP contribution in [0.2, 0.25) is 0 Å². The number of rotatable bonds is 4. The normalized spacial score (nSPS) is 18.4. The number of pyridine rings is 1. The monoisotopic (exact) mass is 442 g/mol. The Hall–Kier alpha value is -3.81. The molecule has 1 saturated carbocycles. The van der Waals surface area contributed by atoms with Crippen molar-refractivity contribution < 1.29 is 4.79 Å². The van der Waals surface area contributed by atoms with E-state index in [1.807, 2.05) is 50.2 Å². The summed E-state index contributed by atoms with van der Waals surface area (Å²) in [6, 6.07) is 14.7. The van der Waals surface area contributed by atoms with E-state index < -0.39 is 0 Å². The number of aryl methyl sites for hydroxylation is 2. The molecule has 1 aliphatic rings. The highest BCUT2D eigenvalue weighted by Gasteiger charge is 2.25. The van der Waals surface area contributed by atoms with E-state index >= 15 is 0 Å². The fourth-order valence-electron chi connectivity index (χ4n) is 4.60. The molecule has 0 aliphatic heterocycles. The summed E-state index contributed by atoms with van der Waals surface area (Å²) in [6.07, 6.45) is 4.89. The van der Waals surface area contributed by atoms with Gasteiger partial charge in [0.15, 0.2) is 5.82 Å². The Bertz CT molecular complexity index is 1380. The lowest BCUT2D eigenvalue weighted by molar-refractivity contribution is 0.0921. The number of aromatic nitrogens is 5. The molecule has 33 heavy (non-hydrogen) atoms. The van der Waals surface area contributed by atoms with Gasteiger partial charge in [-0.05, 0) is 75.9 Å². The largest absolute Gasteiger partial charge is 0.349 e. The minimum absolute atomic E-state index is 0.00862. The van der Waals surface area contributed by atoms with Crippen LogP contribution in [-0.4, -0.2) is 36.5 Å². The minimum atomic E-state index is -0.113. The average molecular weight is 443 g/mol. The van der Waals surface area contributed by atoms with Crippen LogP contribution in [0.4, 0.5) is 0 Å². The number of fused-ring (bicyclic) bond motifs is 1. The summed E-state index contributed by atoms with van der Waals surface area (Å²) in [4.78, 5) is 29.6. The SMILES string of the molecule is Cc1cc(C)n(-c2ccc(=O)n(C3CCC(NC(=O)c4ccc5ncccc5c4)CC3)n2)n1. The van der Waals surface area contributed by atoms with Crippen molar-refractivity contribution >= 4 is 16.8 Å². The highest BCUT2D eigenvalue weighted by Crippen LogP contribution is 2.27. The van der Waals surface area contributed by atoms with Crippen molar-refractivity contribution in [3.05, 3.63) is 82.0 Å². The molecule has 0 spiro atoms. The molecule has 3 heterocycles. The Morgan fingerprint density at radius 3 is 2.58 bits per heavy atom. The van der Waals surface area contributed by atoms with Gasteiger partial charge in [-0.25, -0.2) is 9.36 Å². The third kappa shape index (κ3) is 4.28. The van der Waals surface area contributed by atoms with Crippen molar-refractivity contribution in [1.29, 1.82) is 0 Å². The standard InChI is InChI=1S/C25H26N6O2/c1-16-14-17(2)30(28-16)23-11-12-24(32)31(29-23)21-8-6-20(7-9-21)27-25(33)19-5-10-22-18(15-19)4-3-13-26-22/h3-5,10-15,20-21H,6-9H2,1-2H3,(H,27,33). The molecular weight excluding hydrogens is 416 g/mol. The van der Waals surface area contributed by atoms with E-state index in [0.717, 1.165) is 48.0 Å². The van der Waals surface area contributed by atoms with Gasteiger partial charge in [0.05, 0.1) is 17.3 Å². The highest BCUT2D eigenvalue weighted by atomic mass is 16.1. The number of nitrogens with zero attached hydrogens (tertiary/aromatic N) is 5. The van der Waals surface area contributed by atoms with Crippen LogP contribution >= 0.6 is 0 Å². The second-order valence-corrected chi connectivity index (χ2v) is 8.70. The maximum Gasteiger partial charge on any atom is 0.267 e. The zero-order valence-corrected chi connectivity index (χ0v) is 18.7. The van der Waals surface area contributed by atoms with E-state index in [-0.39, 0.29) is 23.6 Å². The molecule has 1 aromatic carbocycles. The predicted molar refractivity (Wildman–Crippen MR) is 126 cm³/mol. The number of hydrogen-bond acceptors (Lipinski definition) is 5. The number of nitrogens with one attached hydrogen (secondary N) is 1. The first-order valence-electron chi connectivity index (χ1n) is 11.3. The third-order valence-electron chi connectivity index (χ3n) is 6.28. The molecule has 0 radical (unpaired) electrons. The molecule has 4 aromatic rings. The Morgan fingerprint density at radius 2 is 1.82 bits per heavy atom. The van der Waals surface area contributed by atoms with E-state index in [1.165, 1.54) is 0 Å². The molecule has 1 amide bonds. The van der Waals surface area contributed by atoms with E-state index in [0.29, 0.717) is 11.4 Å². The third-order valence-corrected chi connectivity index (χ3v) is 6.28. The highest BCUT2D eigenvalue weighted by molar-refractivity contribution is 5.98. The van der Waals surface area contributed by atoms with Crippen LogP contribution in [0.5, 0.6) is 0 Å². The quantitative estimate of drug-likeness (QED) is 0.522. The lowest BCUT2D eigenvalue weighted by atomic mass is 9.91. The van der Waals surface area contributed by atoms with E-state index in [4.69, 9.17) is 0 Å². The number of amides is 1. The van der Waals surface area contributed by atoms with Gasteiger partial charge in [-0.1, -0.05) is 6.07 Å². The fraction of sp³-hybridized carbons (Fsp3) is 0.320. The molecule has 0 saturated heterocycles.